The van der Waals surface area contributed by atoms with Crippen LogP contribution in [0.2, 0.25) is 0 Å². The Morgan fingerprint density at radius 3 is 2.33 bits per heavy atom. The molecule has 1 aromatic carbocycles. The molecule has 1 aliphatic heterocycles. The molecule has 1 amide bonds. The number of rotatable bonds is 6. The van der Waals surface area contributed by atoms with E-state index >= 15 is 0 Å². The summed E-state index contributed by atoms with van der Waals surface area (Å²) < 4.78 is 30.6. The number of hydrogen-bond acceptors (Lipinski definition) is 7. The number of β-lactam (4-membered cyclic amide) rings is 1. The van der Waals surface area contributed by atoms with Gasteiger partial charge in [-0.3, -0.25) is 14.9 Å². The lowest BCUT2D eigenvalue weighted by atomic mass is 9.88. The number of benzene rings is 1. The molecule has 1 aromatic rings. The second-order valence-electron chi connectivity index (χ2n) is 5.10. The van der Waals surface area contributed by atoms with Gasteiger partial charge < -0.3 is 4.74 Å². The zero-order valence-corrected chi connectivity index (χ0v) is 13.9. The minimum Gasteiger partial charge on any atom is -0.464 e. The molecule has 24 heavy (non-hydrogen) atoms. The van der Waals surface area contributed by atoms with Crippen LogP contribution in [-0.4, -0.2) is 42.2 Å². The number of hydrogen-bond donors (Lipinski definition) is 0. The van der Waals surface area contributed by atoms with E-state index < -0.39 is 38.8 Å². The van der Waals surface area contributed by atoms with Gasteiger partial charge in [-0.1, -0.05) is 6.92 Å². The second kappa shape index (κ2) is 6.56. The molecule has 130 valence electrons. The van der Waals surface area contributed by atoms with Crippen molar-refractivity contribution >= 4 is 27.6 Å². The molecule has 1 saturated heterocycles. The number of amides is 1. The first-order valence-electron chi connectivity index (χ1n) is 7.25. The van der Waals surface area contributed by atoms with Gasteiger partial charge in [0.25, 0.3) is 15.7 Å². The third kappa shape index (κ3) is 2.84. The summed E-state index contributed by atoms with van der Waals surface area (Å²) in [4.78, 5) is 33.8. The molecule has 0 N–H and O–H groups in total. The molecule has 0 unspecified atom stereocenters. The highest BCUT2D eigenvalue weighted by Gasteiger charge is 2.57. The molecule has 1 heterocycles. The van der Waals surface area contributed by atoms with Crippen LogP contribution in [0.3, 0.4) is 0 Å². The number of carbonyl (C=O) groups excluding carboxylic acids is 2. The lowest BCUT2D eigenvalue weighted by Crippen LogP contribution is -2.66. The molecule has 1 aliphatic rings. The third-order valence-corrected chi connectivity index (χ3v) is 5.53. The van der Waals surface area contributed by atoms with E-state index in [9.17, 15) is 28.1 Å². The van der Waals surface area contributed by atoms with Crippen LogP contribution in [-0.2, 0) is 24.3 Å². The highest BCUT2D eigenvalue weighted by atomic mass is 32.2. The van der Waals surface area contributed by atoms with Crippen LogP contribution >= 0.6 is 0 Å². The van der Waals surface area contributed by atoms with Crippen LogP contribution in [0.1, 0.15) is 20.3 Å². The fourth-order valence-electron chi connectivity index (χ4n) is 2.52. The Hall–Kier alpha value is -2.49. The maximum atomic E-state index is 12.6. The van der Waals surface area contributed by atoms with Crippen molar-refractivity contribution in [1.82, 2.24) is 4.31 Å². The molecular weight excluding hydrogens is 340 g/mol. The van der Waals surface area contributed by atoms with Gasteiger partial charge in [0.2, 0.25) is 5.91 Å². The number of esters is 1. The molecule has 0 spiro atoms. The lowest BCUT2D eigenvalue weighted by molar-refractivity contribution is -0.384. The number of carbonyl (C=O) groups is 2. The van der Waals surface area contributed by atoms with Gasteiger partial charge in [0.05, 0.1) is 22.3 Å². The normalized spacial score (nSPS) is 20.4. The molecule has 2 rings (SSSR count). The fourth-order valence-corrected chi connectivity index (χ4v) is 4.14. The summed E-state index contributed by atoms with van der Waals surface area (Å²) in [5.41, 5.74) is -0.280. The zero-order chi connectivity index (χ0) is 18.1. The quantitative estimate of drug-likeness (QED) is 0.323. The zero-order valence-electron chi connectivity index (χ0n) is 13.0. The van der Waals surface area contributed by atoms with E-state index in [1.807, 2.05) is 0 Å². The van der Waals surface area contributed by atoms with Crippen LogP contribution in [0.5, 0.6) is 0 Å². The van der Waals surface area contributed by atoms with Crippen molar-refractivity contribution in [3.05, 3.63) is 34.4 Å². The van der Waals surface area contributed by atoms with Gasteiger partial charge in [0.15, 0.2) is 6.04 Å². The monoisotopic (exact) mass is 356 g/mol. The predicted octanol–water partition coefficient (Wildman–Crippen LogP) is 1.08. The molecule has 1 fully saturated rings. The van der Waals surface area contributed by atoms with Crippen LogP contribution in [0.25, 0.3) is 0 Å². The van der Waals surface area contributed by atoms with E-state index in [-0.39, 0.29) is 17.2 Å². The van der Waals surface area contributed by atoms with Gasteiger partial charge in [0.1, 0.15) is 0 Å². The number of nitro groups is 1. The highest BCUT2D eigenvalue weighted by Crippen LogP contribution is 2.36. The van der Waals surface area contributed by atoms with E-state index in [4.69, 9.17) is 4.74 Å². The summed E-state index contributed by atoms with van der Waals surface area (Å²) >= 11 is 0. The van der Waals surface area contributed by atoms with Crippen molar-refractivity contribution in [2.24, 2.45) is 5.92 Å². The van der Waals surface area contributed by atoms with Gasteiger partial charge in [-0.15, -0.1) is 0 Å². The number of nitrogens with zero attached hydrogens (tertiary/aromatic N) is 2. The van der Waals surface area contributed by atoms with E-state index in [0.29, 0.717) is 10.7 Å². The Kier molecular flexibility index (Phi) is 4.88. The molecule has 9 nitrogen and oxygen atoms in total. The van der Waals surface area contributed by atoms with Crippen molar-refractivity contribution in [3.63, 3.8) is 0 Å². The van der Waals surface area contributed by atoms with Crippen molar-refractivity contribution < 1.29 is 27.7 Å². The first-order chi connectivity index (χ1) is 11.3. The summed E-state index contributed by atoms with van der Waals surface area (Å²) in [6.07, 6.45) is 0.300. The lowest BCUT2D eigenvalue weighted by Gasteiger charge is -2.43. The number of sulfonamides is 1. The van der Waals surface area contributed by atoms with Crippen LogP contribution in [0, 0.1) is 16.0 Å². The van der Waals surface area contributed by atoms with Gasteiger partial charge in [0, 0.05) is 12.1 Å². The molecule has 0 radical (unpaired) electrons. The smallest absolute Gasteiger partial charge is 0.330 e. The Bertz CT molecular complexity index is 773. The van der Waals surface area contributed by atoms with Crippen LogP contribution in [0.15, 0.2) is 29.2 Å². The molecule has 0 aliphatic carbocycles. The van der Waals surface area contributed by atoms with Gasteiger partial charge in [-0.25, -0.2) is 17.5 Å². The van der Waals surface area contributed by atoms with E-state index in [1.54, 1.807) is 13.8 Å². The first kappa shape index (κ1) is 17.9. The molecule has 2 atom stereocenters. The minimum atomic E-state index is -4.29. The summed E-state index contributed by atoms with van der Waals surface area (Å²) in [5.74, 6) is -2.22. The SMILES string of the molecule is CCOC(=O)[C@@H]1[C@@H](CC)C(=O)N1S(=O)(=O)c1ccc([N+](=O)[O-])cc1. The highest BCUT2D eigenvalue weighted by molar-refractivity contribution is 7.89. The average Bonchev–Trinajstić information content (AvgIpc) is 2.52. The summed E-state index contributed by atoms with van der Waals surface area (Å²) in [7, 11) is -4.29. The first-order valence-corrected chi connectivity index (χ1v) is 8.69. The number of ether oxygens (including phenoxy) is 1. The molecular formula is C14H16N2O7S. The Morgan fingerprint density at radius 2 is 1.88 bits per heavy atom. The second-order valence-corrected chi connectivity index (χ2v) is 6.92. The molecule has 0 bridgehead atoms. The number of nitro benzene ring substituents is 1. The van der Waals surface area contributed by atoms with Gasteiger partial charge in [-0.2, -0.15) is 0 Å². The number of non-ortho nitro benzene ring substituents is 1. The Balaban J connectivity index is 2.37. The largest absolute Gasteiger partial charge is 0.464 e. The van der Waals surface area contributed by atoms with Crippen molar-refractivity contribution in [1.29, 1.82) is 0 Å². The van der Waals surface area contributed by atoms with E-state index in [0.717, 1.165) is 24.3 Å². The maximum Gasteiger partial charge on any atom is 0.330 e. The van der Waals surface area contributed by atoms with Crippen LogP contribution < -0.4 is 0 Å². The summed E-state index contributed by atoms with van der Waals surface area (Å²) in [5, 5.41) is 10.6. The van der Waals surface area contributed by atoms with Crippen LogP contribution in [0.4, 0.5) is 5.69 Å². The average molecular weight is 356 g/mol. The summed E-state index contributed by atoms with van der Waals surface area (Å²) in [6, 6.07) is 2.90. The standard InChI is InChI=1S/C14H16N2O7S/c1-3-11-12(14(18)23-4-2)15(13(11)17)24(21,22)10-7-5-9(6-8-10)16(19)20/h5-8,11-12H,3-4H2,1-2H3/t11-,12+/m1/s1. The molecule has 0 aromatic heterocycles. The van der Waals surface area contributed by atoms with Crippen molar-refractivity contribution in [2.45, 2.75) is 31.2 Å². The van der Waals surface area contributed by atoms with E-state index in [1.165, 1.54) is 0 Å². The van der Waals surface area contributed by atoms with Crippen molar-refractivity contribution in [3.8, 4) is 0 Å². The Morgan fingerprint density at radius 1 is 1.29 bits per heavy atom. The molecule has 10 heteroatoms. The Labute approximate surface area is 138 Å². The van der Waals surface area contributed by atoms with Crippen molar-refractivity contribution in [2.75, 3.05) is 6.61 Å². The molecule has 0 saturated carbocycles. The predicted molar refractivity (Wildman–Crippen MR) is 81.3 cm³/mol. The summed E-state index contributed by atoms with van der Waals surface area (Å²) in [6.45, 7) is 3.31. The topological polar surface area (TPSA) is 124 Å². The fraction of sp³-hybridized carbons (Fsp3) is 0.429. The third-order valence-electron chi connectivity index (χ3n) is 3.74. The van der Waals surface area contributed by atoms with Gasteiger partial charge >= 0.3 is 5.97 Å². The minimum absolute atomic E-state index is 0.0609. The van der Waals surface area contributed by atoms with Gasteiger partial charge in [-0.05, 0) is 25.5 Å². The van der Waals surface area contributed by atoms with E-state index in [2.05, 4.69) is 0 Å². The maximum absolute atomic E-state index is 12.6.